The highest BCUT2D eigenvalue weighted by atomic mass is 32.2. The van der Waals surface area contributed by atoms with Gasteiger partial charge in [0.25, 0.3) is 0 Å². The summed E-state index contributed by atoms with van der Waals surface area (Å²) in [6.45, 7) is 8.97. The number of hydrogen-bond donors (Lipinski definition) is 0. The molecule has 0 saturated carbocycles. The summed E-state index contributed by atoms with van der Waals surface area (Å²) in [4.78, 5) is 31.9. The molecule has 2 amide bonds. The molecule has 1 atom stereocenters. The molecule has 5 nitrogen and oxygen atoms in total. The molecule has 1 aromatic rings. The van der Waals surface area contributed by atoms with Crippen LogP contribution in [0.15, 0.2) is 17.5 Å². The number of amides is 2. The SMILES string of the molecule is CC(C)C(=O)N1CCN(CCN2C(=O)CS[C@@H]2c2cccs2)CC1. The van der Waals surface area contributed by atoms with Crippen LogP contribution in [0.1, 0.15) is 24.1 Å². The second-order valence-electron chi connectivity index (χ2n) is 6.59. The first-order chi connectivity index (χ1) is 11.6. The van der Waals surface area contributed by atoms with Gasteiger partial charge in [0.2, 0.25) is 11.8 Å². The minimum absolute atomic E-state index is 0.0716. The van der Waals surface area contributed by atoms with Crippen LogP contribution >= 0.6 is 23.1 Å². The Kier molecular flexibility index (Phi) is 5.84. The zero-order valence-electron chi connectivity index (χ0n) is 14.3. The van der Waals surface area contributed by atoms with Gasteiger partial charge in [-0.25, -0.2) is 0 Å². The highest BCUT2D eigenvalue weighted by Crippen LogP contribution is 2.40. The van der Waals surface area contributed by atoms with E-state index < -0.39 is 0 Å². The summed E-state index contributed by atoms with van der Waals surface area (Å²) in [6, 6.07) is 4.16. The number of carbonyl (C=O) groups is 2. The van der Waals surface area contributed by atoms with Gasteiger partial charge in [0.05, 0.1) is 5.75 Å². The number of thioether (sulfide) groups is 1. The van der Waals surface area contributed by atoms with Crippen LogP contribution in [-0.4, -0.2) is 71.5 Å². The zero-order chi connectivity index (χ0) is 17.1. The van der Waals surface area contributed by atoms with Crippen molar-refractivity contribution in [2.45, 2.75) is 19.2 Å². The predicted molar refractivity (Wildman–Crippen MR) is 99.1 cm³/mol. The summed E-state index contributed by atoms with van der Waals surface area (Å²) < 4.78 is 0. The van der Waals surface area contributed by atoms with Crippen molar-refractivity contribution in [2.24, 2.45) is 5.92 Å². The maximum Gasteiger partial charge on any atom is 0.233 e. The van der Waals surface area contributed by atoms with Crippen molar-refractivity contribution < 1.29 is 9.59 Å². The lowest BCUT2D eigenvalue weighted by atomic mass is 10.1. The third-order valence-electron chi connectivity index (χ3n) is 4.59. The van der Waals surface area contributed by atoms with E-state index in [9.17, 15) is 9.59 Å². The standard InChI is InChI=1S/C17H25N3O2S2/c1-13(2)16(22)19-8-5-18(6-9-19)7-10-20-15(21)12-24-17(20)14-4-3-11-23-14/h3-4,11,13,17H,5-10,12H2,1-2H3/t17-/m1/s1. The Bertz CT molecular complexity index is 568. The molecule has 7 heteroatoms. The van der Waals surface area contributed by atoms with Gasteiger partial charge in [0.15, 0.2) is 0 Å². The third kappa shape index (κ3) is 3.95. The van der Waals surface area contributed by atoms with Gasteiger partial charge in [-0.15, -0.1) is 23.1 Å². The molecule has 0 aromatic carbocycles. The number of rotatable bonds is 5. The van der Waals surface area contributed by atoms with E-state index in [4.69, 9.17) is 0 Å². The largest absolute Gasteiger partial charge is 0.340 e. The number of thiophene rings is 1. The van der Waals surface area contributed by atoms with Crippen LogP contribution in [0.5, 0.6) is 0 Å². The van der Waals surface area contributed by atoms with Crippen LogP contribution in [-0.2, 0) is 9.59 Å². The molecule has 1 aromatic heterocycles. The number of carbonyl (C=O) groups excluding carboxylic acids is 2. The quantitative estimate of drug-likeness (QED) is 0.800. The summed E-state index contributed by atoms with van der Waals surface area (Å²) >= 11 is 3.45. The summed E-state index contributed by atoms with van der Waals surface area (Å²) in [5, 5.41) is 2.25. The van der Waals surface area contributed by atoms with Gasteiger partial charge in [-0.2, -0.15) is 0 Å². The molecule has 0 aliphatic carbocycles. The second-order valence-corrected chi connectivity index (χ2v) is 8.64. The predicted octanol–water partition coefficient (Wildman–Crippen LogP) is 2.12. The fourth-order valence-electron chi connectivity index (χ4n) is 3.17. The molecule has 0 spiro atoms. The minimum atomic E-state index is 0.0716. The summed E-state index contributed by atoms with van der Waals surface area (Å²) in [5.74, 6) is 1.15. The van der Waals surface area contributed by atoms with Gasteiger partial charge >= 0.3 is 0 Å². The Hall–Kier alpha value is -1.05. The smallest absolute Gasteiger partial charge is 0.233 e. The molecule has 132 valence electrons. The molecule has 3 heterocycles. The monoisotopic (exact) mass is 367 g/mol. The lowest BCUT2D eigenvalue weighted by Gasteiger charge is -2.36. The first kappa shape index (κ1) is 17.8. The normalized spacial score (nSPS) is 22.6. The summed E-state index contributed by atoms with van der Waals surface area (Å²) in [5.41, 5.74) is 0. The van der Waals surface area contributed by atoms with E-state index in [1.54, 1.807) is 23.1 Å². The highest BCUT2D eigenvalue weighted by molar-refractivity contribution is 8.00. The van der Waals surface area contributed by atoms with E-state index in [0.717, 1.165) is 39.3 Å². The Balaban J connectivity index is 1.49. The Morgan fingerprint density at radius 1 is 1.25 bits per heavy atom. The second kappa shape index (κ2) is 7.89. The molecule has 3 rings (SSSR count). The maximum absolute atomic E-state index is 12.2. The molecule has 2 aliphatic rings. The minimum Gasteiger partial charge on any atom is -0.340 e. The van der Waals surface area contributed by atoms with Gasteiger partial charge in [0, 0.05) is 50.1 Å². The van der Waals surface area contributed by atoms with Crippen molar-refractivity contribution in [3.8, 4) is 0 Å². The van der Waals surface area contributed by atoms with Crippen molar-refractivity contribution in [3.63, 3.8) is 0 Å². The van der Waals surface area contributed by atoms with Crippen LogP contribution in [0.3, 0.4) is 0 Å². The summed E-state index contributed by atoms with van der Waals surface area (Å²) in [6.07, 6.45) is 0. The number of hydrogen-bond acceptors (Lipinski definition) is 5. The van der Waals surface area contributed by atoms with Crippen molar-refractivity contribution in [1.82, 2.24) is 14.7 Å². The lowest BCUT2D eigenvalue weighted by molar-refractivity contribution is -0.136. The van der Waals surface area contributed by atoms with Crippen molar-refractivity contribution in [2.75, 3.05) is 45.0 Å². The molecule has 0 N–H and O–H groups in total. The topological polar surface area (TPSA) is 43.9 Å². The first-order valence-corrected chi connectivity index (χ1v) is 10.4. The molecular formula is C17H25N3O2S2. The van der Waals surface area contributed by atoms with E-state index >= 15 is 0 Å². The van der Waals surface area contributed by atoms with E-state index in [-0.39, 0.29) is 23.1 Å². The molecular weight excluding hydrogens is 342 g/mol. The fourth-order valence-corrected chi connectivity index (χ4v) is 5.37. The van der Waals surface area contributed by atoms with Crippen molar-refractivity contribution in [1.29, 1.82) is 0 Å². The summed E-state index contributed by atoms with van der Waals surface area (Å²) in [7, 11) is 0. The molecule has 0 unspecified atom stereocenters. The molecule has 2 aliphatic heterocycles. The zero-order valence-corrected chi connectivity index (χ0v) is 15.9. The van der Waals surface area contributed by atoms with Gasteiger partial charge in [-0.05, 0) is 11.4 Å². The van der Waals surface area contributed by atoms with Crippen molar-refractivity contribution >= 4 is 34.9 Å². The molecule has 24 heavy (non-hydrogen) atoms. The maximum atomic E-state index is 12.2. The average molecular weight is 368 g/mol. The Morgan fingerprint density at radius 2 is 2.00 bits per heavy atom. The van der Waals surface area contributed by atoms with E-state index in [2.05, 4.69) is 16.3 Å². The highest BCUT2D eigenvalue weighted by Gasteiger charge is 2.33. The van der Waals surface area contributed by atoms with Gasteiger partial charge in [0.1, 0.15) is 5.37 Å². The third-order valence-corrected chi connectivity index (χ3v) is 6.90. The van der Waals surface area contributed by atoms with Gasteiger partial charge in [-0.1, -0.05) is 19.9 Å². The van der Waals surface area contributed by atoms with Gasteiger partial charge < -0.3 is 9.80 Å². The number of nitrogens with zero attached hydrogens (tertiary/aromatic N) is 3. The lowest BCUT2D eigenvalue weighted by Crippen LogP contribution is -2.51. The van der Waals surface area contributed by atoms with Crippen LogP contribution in [0, 0.1) is 5.92 Å². The van der Waals surface area contributed by atoms with E-state index in [1.165, 1.54) is 4.88 Å². The van der Waals surface area contributed by atoms with E-state index in [1.807, 2.05) is 29.7 Å². The molecule has 0 bridgehead atoms. The first-order valence-electron chi connectivity index (χ1n) is 8.52. The fraction of sp³-hybridized carbons (Fsp3) is 0.647. The Morgan fingerprint density at radius 3 is 2.62 bits per heavy atom. The van der Waals surface area contributed by atoms with Crippen LogP contribution in [0.25, 0.3) is 0 Å². The molecule has 2 fully saturated rings. The van der Waals surface area contributed by atoms with Gasteiger partial charge in [-0.3, -0.25) is 14.5 Å². The molecule has 2 saturated heterocycles. The molecule has 0 radical (unpaired) electrons. The Labute approximate surface area is 152 Å². The van der Waals surface area contributed by atoms with Crippen LogP contribution in [0.2, 0.25) is 0 Å². The van der Waals surface area contributed by atoms with Crippen LogP contribution < -0.4 is 0 Å². The number of piperazine rings is 1. The van der Waals surface area contributed by atoms with Crippen LogP contribution in [0.4, 0.5) is 0 Å². The van der Waals surface area contributed by atoms with E-state index in [0.29, 0.717) is 5.75 Å². The van der Waals surface area contributed by atoms with Crippen molar-refractivity contribution in [3.05, 3.63) is 22.4 Å². The average Bonchev–Trinajstić information content (AvgIpc) is 3.22.